The van der Waals surface area contributed by atoms with Gasteiger partial charge in [-0.15, -0.1) is 0 Å². The second-order valence-corrected chi connectivity index (χ2v) is 7.22. The third-order valence-corrected chi connectivity index (χ3v) is 5.43. The van der Waals surface area contributed by atoms with E-state index >= 15 is 0 Å². The first kappa shape index (κ1) is 15.0. The highest BCUT2D eigenvalue weighted by molar-refractivity contribution is 5.08. The topological polar surface area (TPSA) is 33.1 Å². The normalized spacial score (nSPS) is 30.7. The molecule has 0 spiro atoms. The van der Waals surface area contributed by atoms with Gasteiger partial charge in [0.25, 0.3) is 0 Å². The molecule has 4 nitrogen and oxygen atoms in total. The van der Waals surface area contributed by atoms with Crippen molar-refractivity contribution in [3.05, 3.63) is 18.0 Å². The van der Waals surface area contributed by atoms with Crippen LogP contribution >= 0.6 is 0 Å². The number of piperazine rings is 1. The smallest absolute Gasteiger partial charge is 0.0522 e. The third-order valence-electron chi connectivity index (χ3n) is 5.43. The van der Waals surface area contributed by atoms with Crippen molar-refractivity contribution in [1.82, 2.24) is 20.0 Å². The summed E-state index contributed by atoms with van der Waals surface area (Å²) in [6.07, 6.45) is 10.7. The van der Waals surface area contributed by atoms with E-state index in [-0.39, 0.29) is 0 Å². The highest BCUT2D eigenvalue weighted by atomic mass is 15.3. The molecule has 2 heterocycles. The zero-order valence-electron chi connectivity index (χ0n) is 13.8. The van der Waals surface area contributed by atoms with Gasteiger partial charge in [-0.25, -0.2) is 0 Å². The lowest BCUT2D eigenvalue weighted by molar-refractivity contribution is 0.0341. The molecule has 0 amide bonds. The standard InChI is InChI=1S/C17H30N4/c1-4-5-16-12-21(9-8-14-10-19-20(3)11-14)17(2,13-18-16)15-6-7-15/h10-11,15-16,18H,4-9,12-13H2,1-3H3. The minimum Gasteiger partial charge on any atom is -0.311 e. The van der Waals surface area contributed by atoms with Gasteiger partial charge >= 0.3 is 0 Å². The Morgan fingerprint density at radius 3 is 2.86 bits per heavy atom. The molecular formula is C17H30N4. The van der Waals surface area contributed by atoms with Crippen LogP contribution < -0.4 is 5.32 Å². The van der Waals surface area contributed by atoms with Gasteiger partial charge in [-0.3, -0.25) is 9.58 Å². The molecule has 1 saturated carbocycles. The summed E-state index contributed by atoms with van der Waals surface area (Å²) in [6.45, 7) is 8.30. The molecule has 1 aliphatic carbocycles. The predicted octanol–water partition coefficient (Wildman–Crippen LogP) is 2.21. The number of aromatic nitrogens is 2. The highest BCUT2D eigenvalue weighted by Gasteiger charge is 2.47. The number of rotatable bonds is 6. The molecule has 118 valence electrons. The van der Waals surface area contributed by atoms with Gasteiger partial charge in [0.15, 0.2) is 0 Å². The van der Waals surface area contributed by atoms with Crippen LogP contribution in [0.15, 0.2) is 12.4 Å². The van der Waals surface area contributed by atoms with Gasteiger partial charge in [-0.1, -0.05) is 13.3 Å². The zero-order chi connectivity index (χ0) is 14.9. The van der Waals surface area contributed by atoms with E-state index in [2.05, 4.69) is 35.4 Å². The van der Waals surface area contributed by atoms with Crippen LogP contribution in [-0.4, -0.2) is 45.9 Å². The maximum atomic E-state index is 4.29. The molecule has 1 aromatic heterocycles. The number of nitrogens with one attached hydrogen (secondary N) is 1. The fourth-order valence-electron chi connectivity index (χ4n) is 3.86. The average Bonchev–Trinajstić information content (AvgIpc) is 3.24. The van der Waals surface area contributed by atoms with Crippen LogP contribution in [0.2, 0.25) is 0 Å². The molecule has 3 rings (SSSR count). The molecule has 0 radical (unpaired) electrons. The second kappa shape index (κ2) is 6.09. The van der Waals surface area contributed by atoms with Crippen LogP contribution in [0.25, 0.3) is 0 Å². The summed E-state index contributed by atoms with van der Waals surface area (Å²) < 4.78 is 1.91. The summed E-state index contributed by atoms with van der Waals surface area (Å²) in [5.74, 6) is 0.904. The van der Waals surface area contributed by atoms with Crippen LogP contribution in [0.1, 0.15) is 45.1 Å². The van der Waals surface area contributed by atoms with Crippen molar-refractivity contribution in [3.8, 4) is 0 Å². The lowest BCUT2D eigenvalue weighted by atomic mass is 9.88. The fourth-order valence-corrected chi connectivity index (χ4v) is 3.86. The van der Waals surface area contributed by atoms with Crippen molar-refractivity contribution in [2.24, 2.45) is 13.0 Å². The van der Waals surface area contributed by atoms with Crippen LogP contribution in [-0.2, 0) is 13.5 Å². The molecular weight excluding hydrogens is 260 g/mol. The van der Waals surface area contributed by atoms with Gasteiger partial charge in [0.05, 0.1) is 6.20 Å². The van der Waals surface area contributed by atoms with E-state index in [0.717, 1.165) is 18.9 Å². The lowest BCUT2D eigenvalue weighted by Crippen LogP contribution is -2.64. The molecule has 1 aliphatic heterocycles. The van der Waals surface area contributed by atoms with Gasteiger partial charge in [0.2, 0.25) is 0 Å². The van der Waals surface area contributed by atoms with Crippen molar-refractivity contribution in [2.75, 3.05) is 19.6 Å². The fraction of sp³-hybridized carbons (Fsp3) is 0.824. The molecule has 1 saturated heterocycles. The van der Waals surface area contributed by atoms with E-state index in [0.29, 0.717) is 11.6 Å². The largest absolute Gasteiger partial charge is 0.311 e. The SMILES string of the molecule is CCCC1CN(CCc2cnn(C)c2)C(C)(C2CC2)CN1. The molecule has 2 fully saturated rings. The Kier molecular flexibility index (Phi) is 4.36. The molecule has 21 heavy (non-hydrogen) atoms. The molecule has 4 heteroatoms. The van der Waals surface area contributed by atoms with Gasteiger partial charge < -0.3 is 5.32 Å². The summed E-state index contributed by atoms with van der Waals surface area (Å²) in [6, 6.07) is 0.677. The predicted molar refractivity (Wildman–Crippen MR) is 86.3 cm³/mol. The third kappa shape index (κ3) is 3.32. The summed E-state index contributed by atoms with van der Waals surface area (Å²) in [7, 11) is 2.00. The Labute approximate surface area is 128 Å². The Bertz CT molecular complexity index is 465. The van der Waals surface area contributed by atoms with Crippen molar-refractivity contribution in [3.63, 3.8) is 0 Å². The molecule has 2 unspecified atom stereocenters. The first-order valence-corrected chi connectivity index (χ1v) is 8.58. The average molecular weight is 290 g/mol. The Morgan fingerprint density at radius 1 is 1.43 bits per heavy atom. The summed E-state index contributed by atoms with van der Waals surface area (Å²) >= 11 is 0. The van der Waals surface area contributed by atoms with Gasteiger partial charge in [-0.05, 0) is 44.1 Å². The van der Waals surface area contributed by atoms with Gasteiger partial charge in [0, 0.05) is 44.5 Å². The number of aryl methyl sites for hydroxylation is 1. The van der Waals surface area contributed by atoms with Crippen molar-refractivity contribution >= 4 is 0 Å². The first-order valence-electron chi connectivity index (χ1n) is 8.58. The van der Waals surface area contributed by atoms with E-state index in [9.17, 15) is 0 Å². The maximum Gasteiger partial charge on any atom is 0.0522 e. The van der Waals surface area contributed by atoms with Crippen LogP contribution in [0.3, 0.4) is 0 Å². The Morgan fingerprint density at radius 2 is 2.24 bits per heavy atom. The summed E-state index contributed by atoms with van der Waals surface area (Å²) in [4.78, 5) is 2.77. The first-order chi connectivity index (χ1) is 10.1. The number of hydrogen-bond acceptors (Lipinski definition) is 3. The van der Waals surface area contributed by atoms with E-state index < -0.39 is 0 Å². The summed E-state index contributed by atoms with van der Waals surface area (Å²) in [5.41, 5.74) is 1.73. The van der Waals surface area contributed by atoms with E-state index in [4.69, 9.17) is 0 Å². The van der Waals surface area contributed by atoms with E-state index in [1.54, 1.807) is 0 Å². The van der Waals surface area contributed by atoms with E-state index in [1.165, 1.54) is 44.3 Å². The van der Waals surface area contributed by atoms with Crippen molar-refractivity contribution in [2.45, 2.75) is 57.5 Å². The Balaban J connectivity index is 1.64. The lowest BCUT2D eigenvalue weighted by Gasteiger charge is -2.49. The van der Waals surface area contributed by atoms with Crippen LogP contribution in [0, 0.1) is 5.92 Å². The monoisotopic (exact) mass is 290 g/mol. The molecule has 0 aromatic carbocycles. The van der Waals surface area contributed by atoms with Crippen molar-refractivity contribution in [1.29, 1.82) is 0 Å². The van der Waals surface area contributed by atoms with Crippen molar-refractivity contribution < 1.29 is 0 Å². The van der Waals surface area contributed by atoms with E-state index in [1.807, 2.05) is 17.9 Å². The number of hydrogen-bond donors (Lipinski definition) is 1. The van der Waals surface area contributed by atoms with Crippen LogP contribution in [0.5, 0.6) is 0 Å². The summed E-state index contributed by atoms with van der Waals surface area (Å²) in [5, 5.41) is 8.10. The zero-order valence-corrected chi connectivity index (χ0v) is 13.8. The maximum absolute atomic E-state index is 4.29. The molecule has 2 aliphatic rings. The minimum atomic E-state index is 0.368. The molecule has 1 N–H and O–H groups in total. The quantitative estimate of drug-likeness (QED) is 0.872. The molecule has 2 atom stereocenters. The van der Waals surface area contributed by atoms with Crippen LogP contribution in [0.4, 0.5) is 0 Å². The molecule has 1 aromatic rings. The number of nitrogens with zero attached hydrogens (tertiary/aromatic N) is 3. The van der Waals surface area contributed by atoms with Gasteiger partial charge in [0.1, 0.15) is 0 Å². The highest BCUT2D eigenvalue weighted by Crippen LogP contribution is 2.44. The Hall–Kier alpha value is -0.870. The minimum absolute atomic E-state index is 0.368. The second-order valence-electron chi connectivity index (χ2n) is 7.22. The molecule has 0 bridgehead atoms. The van der Waals surface area contributed by atoms with Gasteiger partial charge in [-0.2, -0.15) is 5.10 Å².